The largest absolute Gasteiger partial charge is 0.381 e. The second-order valence-electron chi connectivity index (χ2n) is 6.78. The van der Waals surface area contributed by atoms with E-state index in [-0.39, 0.29) is 11.9 Å². The molecule has 1 atom stereocenters. The van der Waals surface area contributed by atoms with Crippen LogP contribution in [0.25, 0.3) is 0 Å². The van der Waals surface area contributed by atoms with Crippen molar-refractivity contribution in [2.24, 2.45) is 5.92 Å². The van der Waals surface area contributed by atoms with Crippen molar-refractivity contribution in [3.8, 4) is 0 Å². The lowest BCUT2D eigenvalue weighted by atomic mass is 9.89. The van der Waals surface area contributed by atoms with Crippen molar-refractivity contribution in [1.29, 1.82) is 0 Å². The molecule has 1 heterocycles. The molecule has 0 radical (unpaired) electrons. The fourth-order valence-electron chi connectivity index (χ4n) is 3.62. The summed E-state index contributed by atoms with van der Waals surface area (Å²) in [6, 6.07) is 6.84. The second-order valence-corrected chi connectivity index (χ2v) is 6.78. The van der Waals surface area contributed by atoms with Gasteiger partial charge in [-0.3, -0.25) is 4.79 Å². The van der Waals surface area contributed by atoms with Crippen molar-refractivity contribution in [3.05, 3.63) is 34.9 Å². The highest BCUT2D eigenvalue weighted by Crippen LogP contribution is 2.25. The Morgan fingerprint density at radius 1 is 1.23 bits per heavy atom. The Bertz CT molecular complexity index is 520. The number of ether oxygens (including phenoxy) is 1. The number of fused-ring (bicyclic) bond motifs is 1. The molecule has 120 valence electrons. The monoisotopic (exact) mass is 301 g/mol. The summed E-state index contributed by atoms with van der Waals surface area (Å²) in [6.07, 6.45) is 7.66. The van der Waals surface area contributed by atoms with Crippen LogP contribution in [0, 0.1) is 5.92 Å². The summed E-state index contributed by atoms with van der Waals surface area (Å²) < 4.78 is 5.35. The first kappa shape index (κ1) is 15.5. The highest BCUT2D eigenvalue weighted by Gasteiger charge is 2.19. The fraction of sp³-hybridized carbons (Fsp3) is 0.632. The Hall–Kier alpha value is -1.35. The van der Waals surface area contributed by atoms with E-state index in [9.17, 15) is 4.79 Å². The summed E-state index contributed by atoms with van der Waals surface area (Å²) in [4.78, 5) is 12.2. The van der Waals surface area contributed by atoms with E-state index in [2.05, 4.69) is 30.4 Å². The minimum atomic E-state index is 0.0968. The number of hydrogen-bond acceptors (Lipinski definition) is 2. The third kappa shape index (κ3) is 3.89. The number of benzene rings is 1. The SMILES string of the molecule is CC(NC(=O)CC1CCOCC1)c1ccc2c(c1)CCCC2. The number of carbonyl (C=O) groups is 1. The van der Waals surface area contributed by atoms with Gasteiger partial charge < -0.3 is 10.1 Å². The Labute approximate surface area is 133 Å². The Morgan fingerprint density at radius 3 is 2.73 bits per heavy atom. The van der Waals surface area contributed by atoms with Gasteiger partial charge in [-0.05, 0) is 68.1 Å². The van der Waals surface area contributed by atoms with Crippen LogP contribution in [0.2, 0.25) is 0 Å². The van der Waals surface area contributed by atoms with Crippen LogP contribution >= 0.6 is 0 Å². The van der Waals surface area contributed by atoms with Crippen LogP contribution < -0.4 is 5.32 Å². The van der Waals surface area contributed by atoms with E-state index in [1.807, 2.05) is 0 Å². The molecule has 3 heteroatoms. The summed E-state index contributed by atoms with van der Waals surface area (Å²) >= 11 is 0. The number of carbonyl (C=O) groups excluding carboxylic acids is 1. The standard InChI is InChI=1S/C19H27NO2/c1-14(20-19(21)12-15-8-10-22-11-9-15)17-7-6-16-4-2-3-5-18(16)13-17/h6-7,13-15H,2-5,8-12H2,1H3,(H,20,21). The molecule has 0 bridgehead atoms. The molecule has 1 N–H and O–H groups in total. The third-order valence-electron chi connectivity index (χ3n) is 5.06. The smallest absolute Gasteiger partial charge is 0.220 e. The fourth-order valence-corrected chi connectivity index (χ4v) is 3.62. The molecule has 3 rings (SSSR count). The van der Waals surface area contributed by atoms with Gasteiger partial charge in [0, 0.05) is 19.6 Å². The van der Waals surface area contributed by atoms with Crippen LogP contribution in [0.5, 0.6) is 0 Å². The maximum Gasteiger partial charge on any atom is 0.220 e. The predicted octanol–water partition coefficient (Wildman–Crippen LogP) is 3.56. The molecule has 1 unspecified atom stereocenters. The maximum absolute atomic E-state index is 12.2. The van der Waals surface area contributed by atoms with E-state index < -0.39 is 0 Å². The molecule has 1 fully saturated rings. The molecule has 0 saturated carbocycles. The van der Waals surface area contributed by atoms with Crippen molar-refractivity contribution in [1.82, 2.24) is 5.32 Å². The van der Waals surface area contributed by atoms with Crippen molar-refractivity contribution < 1.29 is 9.53 Å². The van der Waals surface area contributed by atoms with Crippen LogP contribution in [-0.2, 0) is 22.4 Å². The van der Waals surface area contributed by atoms with Crippen LogP contribution in [-0.4, -0.2) is 19.1 Å². The minimum absolute atomic E-state index is 0.0968. The Balaban J connectivity index is 1.56. The molecule has 2 aliphatic rings. The average Bonchev–Trinajstić information content (AvgIpc) is 2.55. The van der Waals surface area contributed by atoms with Crippen molar-refractivity contribution in [2.75, 3.05) is 13.2 Å². The molecule has 1 saturated heterocycles. The normalized spacial score (nSPS) is 20.2. The molecule has 22 heavy (non-hydrogen) atoms. The first-order valence-electron chi connectivity index (χ1n) is 8.71. The number of amides is 1. The van der Waals surface area contributed by atoms with Gasteiger partial charge in [0.25, 0.3) is 0 Å². The van der Waals surface area contributed by atoms with Crippen molar-refractivity contribution in [2.45, 2.75) is 57.9 Å². The van der Waals surface area contributed by atoms with Crippen LogP contribution in [0.15, 0.2) is 18.2 Å². The molecular weight excluding hydrogens is 274 g/mol. The molecule has 0 aromatic heterocycles. The van der Waals surface area contributed by atoms with Crippen LogP contribution in [0.4, 0.5) is 0 Å². The number of nitrogens with one attached hydrogen (secondary N) is 1. The molecule has 1 aromatic carbocycles. The molecule has 1 aromatic rings. The van der Waals surface area contributed by atoms with Gasteiger partial charge in [-0.2, -0.15) is 0 Å². The molecule has 1 aliphatic carbocycles. The summed E-state index contributed by atoms with van der Waals surface area (Å²) in [5, 5.41) is 3.17. The highest BCUT2D eigenvalue weighted by molar-refractivity contribution is 5.76. The van der Waals surface area contributed by atoms with E-state index >= 15 is 0 Å². The predicted molar refractivity (Wildman–Crippen MR) is 87.8 cm³/mol. The Morgan fingerprint density at radius 2 is 1.95 bits per heavy atom. The number of aryl methyl sites for hydroxylation is 2. The molecule has 0 spiro atoms. The van der Waals surface area contributed by atoms with Gasteiger partial charge >= 0.3 is 0 Å². The molecule has 1 amide bonds. The average molecular weight is 301 g/mol. The lowest BCUT2D eigenvalue weighted by Crippen LogP contribution is -2.30. The lowest BCUT2D eigenvalue weighted by molar-refractivity contribution is -0.123. The quantitative estimate of drug-likeness (QED) is 0.923. The van der Waals surface area contributed by atoms with Gasteiger partial charge in [-0.15, -0.1) is 0 Å². The van der Waals surface area contributed by atoms with Gasteiger partial charge in [0.1, 0.15) is 0 Å². The highest BCUT2D eigenvalue weighted by atomic mass is 16.5. The summed E-state index contributed by atoms with van der Waals surface area (Å²) in [7, 11) is 0. The summed E-state index contributed by atoms with van der Waals surface area (Å²) in [6.45, 7) is 3.70. The zero-order valence-electron chi connectivity index (χ0n) is 13.6. The zero-order valence-corrected chi connectivity index (χ0v) is 13.6. The summed E-state index contributed by atoms with van der Waals surface area (Å²) in [5.74, 6) is 0.668. The van der Waals surface area contributed by atoms with Gasteiger partial charge in [-0.1, -0.05) is 18.2 Å². The second kappa shape index (κ2) is 7.28. The number of rotatable bonds is 4. The third-order valence-corrected chi connectivity index (χ3v) is 5.06. The molecule has 3 nitrogen and oxygen atoms in total. The lowest BCUT2D eigenvalue weighted by Gasteiger charge is -2.23. The van der Waals surface area contributed by atoms with E-state index in [0.29, 0.717) is 12.3 Å². The van der Waals surface area contributed by atoms with E-state index in [1.54, 1.807) is 0 Å². The molecule has 1 aliphatic heterocycles. The van der Waals surface area contributed by atoms with Crippen LogP contribution in [0.1, 0.15) is 61.8 Å². The van der Waals surface area contributed by atoms with Gasteiger partial charge in [0.05, 0.1) is 6.04 Å². The summed E-state index contributed by atoms with van der Waals surface area (Å²) in [5.41, 5.74) is 4.21. The van der Waals surface area contributed by atoms with Crippen molar-refractivity contribution >= 4 is 5.91 Å². The van der Waals surface area contributed by atoms with Gasteiger partial charge in [0.2, 0.25) is 5.91 Å². The number of hydrogen-bond donors (Lipinski definition) is 1. The first-order valence-corrected chi connectivity index (χ1v) is 8.71. The van der Waals surface area contributed by atoms with Gasteiger partial charge in [-0.25, -0.2) is 0 Å². The van der Waals surface area contributed by atoms with Crippen LogP contribution in [0.3, 0.4) is 0 Å². The minimum Gasteiger partial charge on any atom is -0.381 e. The van der Waals surface area contributed by atoms with E-state index in [4.69, 9.17) is 4.74 Å². The van der Waals surface area contributed by atoms with Crippen molar-refractivity contribution in [3.63, 3.8) is 0 Å². The molecular formula is C19H27NO2. The first-order chi connectivity index (χ1) is 10.7. The van der Waals surface area contributed by atoms with E-state index in [0.717, 1.165) is 26.1 Å². The van der Waals surface area contributed by atoms with Gasteiger partial charge in [0.15, 0.2) is 0 Å². The topological polar surface area (TPSA) is 38.3 Å². The Kier molecular flexibility index (Phi) is 5.14. The maximum atomic E-state index is 12.2. The van der Waals surface area contributed by atoms with E-state index in [1.165, 1.54) is 42.4 Å². The zero-order chi connectivity index (χ0) is 15.4.